The Hall–Kier alpha value is -2.38. The van der Waals surface area contributed by atoms with Gasteiger partial charge in [0.05, 0.1) is 11.5 Å². The second kappa shape index (κ2) is 11.7. The first kappa shape index (κ1) is 25.2. The molecule has 0 aromatic heterocycles. The first-order valence-corrected chi connectivity index (χ1v) is 13.3. The standard InChI is InChI=1S/C26H36N2O4S/c1-4-32-25-17-14-21(26(29)27-23-10-8-6-5-7-9-11-23)18-22(25)19-28(3)33(30,31)24-15-12-20(2)13-16-24/h12-18,23H,4-11,19H2,1-3H3,(H,27,29). The SMILES string of the molecule is CCOc1ccc(C(=O)NC2CCCCCCC2)cc1CN(C)S(=O)(=O)c1ccc(C)cc1. The summed E-state index contributed by atoms with van der Waals surface area (Å²) in [6, 6.07) is 12.3. The lowest BCUT2D eigenvalue weighted by molar-refractivity contribution is 0.0930. The lowest BCUT2D eigenvalue weighted by Crippen LogP contribution is -2.35. The largest absolute Gasteiger partial charge is 0.494 e. The summed E-state index contributed by atoms with van der Waals surface area (Å²) in [4.78, 5) is 13.2. The van der Waals surface area contributed by atoms with Crippen LogP contribution in [0.25, 0.3) is 0 Å². The van der Waals surface area contributed by atoms with Crippen LogP contribution in [-0.2, 0) is 16.6 Å². The van der Waals surface area contributed by atoms with Crippen molar-refractivity contribution in [1.29, 1.82) is 0 Å². The van der Waals surface area contributed by atoms with Crippen molar-refractivity contribution >= 4 is 15.9 Å². The zero-order chi connectivity index (χ0) is 23.8. The van der Waals surface area contributed by atoms with E-state index in [0.717, 1.165) is 31.2 Å². The van der Waals surface area contributed by atoms with Crippen LogP contribution in [0.4, 0.5) is 0 Å². The first-order valence-electron chi connectivity index (χ1n) is 11.9. The van der Waals surface area contributed by atoms with Crippen LogP contribution < -0.4 is 10.1 Å². The number of sulfonamides is 1. The van der Waals surface area contributed by atoms with Gasteiger partial charge in [-0.15, -0.1) is 0 Å². The first-order chi connectivity index (χ1) is 15.8. The van der Waals surface area contributed by atoms with Crippen molar-refractivity contribution in [3.8, 4) is 5.75 Å². The van der Waals surface area contributed by atoms with Gasteiger partial charge in [0, 0.05) is 30.8 Å². The number of aryl methyl sites for hydroxylation is 1. The second-order valence-electron chi connectivity index (χ2n) is 8.85. The summed E-state index contributed by atoms with van der Waals surface area (Å²) in [6.07, 6.45) is 8.02. The summed E-state index contributed by atoms with van der Waals surface area (Å²) in [7, 11) is -2.12. The van der Waals surface area contributed by atoms with Gasteiger partial charge in [-0.25, -0.2) is 8.42 Å². The van der Waals surface area contributed by atoms with Gasteiger partial charge in [-0.2, -0.15) is 4.31 Å². The van der Waals surface area contributed by atoms with Gasteiger partial charge in [0.2, 0.25) is 10.0 Å². The van der Waals surface area contributed by atoms with E-state index in [1.54, 1.807) is 49.5 Å². The molecule has 3 rings (SSSR count). The summed E-state index contributed by atoms with van der Waals surface area (Å²) in [6.45, 7) is 4.36. The molecule has 1 saturated carbocycles. The molecule has 2 aromatic carbocycles. The van der Waals surface area contributed by atoms with Gasteiger partial charge < -0.3 is 10.1 Å². The van der Waals surface area contributed by atoms with E-state index >= 15 is 0 Å². The Morgan fingerprint density at radius 2 is 1.67 bits per heavy atom. The maximum absolute atomic E-state index is 13.1. The summed E-state index contributed by atoms with van der Waals surface area (Å²) >= 11 is 0. The molecule has 2 aromatic rings. The van der Waals surface area contributed by atoms with Gasteiger partial charge in [-0.3, -0.25) is 4.79 Å². The molecule has 0 heterocycles. The molecule has 0 aliphatic heterocycles. The molecule has 1 N–H and O–H groups in total. The number of ether oxygens (including phenoxy) is 1. The van der Waals surface area contributed by atoms with E-state index in [1.807, 2.05) is 13.8 Å². The molecule has 1 aliphatic carbocycles. The van der Waals surface area contributed by atoms with E-state index < -0.39 is 10.0 Å². The summed E-state index contributed by atoms with van der Waals surface area (Å²) in [5.41, 5.74) is 2.19. The van der Waals surface area contributed by atoms with E-state index in [4.69, 9.17) is 4.74 Å². The van der Waals surface area contributed by atoms with Crippen molar-refractivity contribution in [1.82, 2.24) is 9.62 Å². The minimum atomic E-state index is -3.67. The Labute approximate surface area is 198 Å². The van der Waals surface area contributed by atoms with Gasteiger partial charge in [0.1, 0.15) is 5.75 Å². The normalized spacial score (nSPS) is 15.6. The molecule has 1 fully saturated rings. The Morgan fingerprint density at radius 1 is 1.03 bits per heavy atom. The third-order valence-corrected chi connectivity index (χ3v) is 8.00. The van der Waals surface area contributed by atoms with Crippen molar-refractivity contribution in [2.45, 2.75) is 76.3 Å². The molecule has 33 heavy (non-hydrogen) atoms. The molecule has 0 saturated heterocycles. The van der Waals surface area contributed by atoms with Crippen LogP contribution in [0, 0.1) is 6.92 Å². The zero-order valence-corrected chi connectivity index (χ0v) is 20.8. The lowest BCUT2D eigenvalue weighted by Gasteiger charge is -2.22. The number of benzene rings is 2. The highest BCUT2D eigenvalue weighted by Gasteiger charge is 2.23. The maximum Gasteiger partial charge on any atom is 0.251 e. The second-order valence-corrected chi connectivity index (χ2v) is 10.9. The molecule has 0 unspecified atom stereocenters. The fourth-order valence-electron chi connectivity index (χ4n) is 4.22. The monoisotopic (exact) mass is 472 g/mol. The average molecular weight is 473 g/mol. The number of hydrogen-bond acceptors (Lipinski definition) is 4. The molecule has 180 valence electrons. The number of nitrogens with one attached hydrogen (secondary N) is 1. The van der Waals surface area contributed by atoms with Crippen LogP contribution in [0.3, 0.4) is 0 Å². The third-order valence-electron chi connectivity index (χ3n) is 6.19. The third kappa shape index (κ3) is 6.81. The smallest absolute Gasteiger partial charge is 0.251 e. The van der Waals surface area contributed by atoms with E-state index in [9.17, 15) is 13.2 Å². The molecule has 0 bridgehead atoms. The molecule has 0 spiro atoms. The fraction of sp³-hybridized carbons (Fsp3) is 0.500. The molecular formula is C26H36N2O4S. The van der Waals surface area contributed by atoms with E-state index in [2.05, 4.69) is 5.32 Å². The minimum Gasteiger partial charge on any atom is -0.494 e. The van der Waals surface area contributed by atoms with Gasteiger partial charge in [0.15, 0.2) is 0 Å². The predicted octanol–water partition coefficient (Wildman–Crippen LogP) is 5.06. The average Bonchev–Trinajstić information content (AvgIpc) is 2.77. The summed E-state index contributed by atoms with van der Waals surface area (Å²) in [5, 5.41) is 3.18. The van der Waals surface area contributed by atoms with E-state index in [-0.39, 0.29) is 23.4 Å². The van der Waals surface area contributed by atoms with Crippen LogP contribution >= 0.6 is 0 Å². The van der Waals surface area contributed by atoms with E-state index in [1.165, 1.54) is 23.6 Å². The lowest BCUT2D eigenvalue weighted by atomic mass is 9.96. The number of rotatable bonds is 8. The molecule has 6 nitrogen and oxygen atoms in total. The zero-order valence-electron chi connectivity index (χ0n) is 20.0. The van der Waals surface area contributed by atoms with E-state index in [0.29, 0.717) is 23.5 Å². The maximum atomic E-state index is 13.1. The molecule has 0 radical (unpaired) electrons. The minimum absolute atomic E-state index is 0.107. The van der Waals surface area contributed by atoms with Gasteiger partial charge >= 0.3 is 0 Å². The Kier molecular flexibility index (Phi) is 8.92. The highest BCUT2D eigenvalue weighted by molar-refractivity contribution is 7.89. The van der Waals surface area contributed by atoms with Crippen LogP contribution in [0.2, 0.25) is 0 Å². The van der Waals surface area contributed by atoms with Crippen LogP contribution in [0.1, 0.15) is 73.4 Å². The topological polar surface area (TPSA) is 75.7 Å². The van der Waals surface area contributed by atoms with Crippen molar-refractivity contribution in [2.24, 2.45) is 0 Å². The van der Waals surface area contributed by atoms with Gasteiger partial charge in [-0.05, 0) is 57.0 Å². The molecule has 1 aliphatic rings. The molecule has 7 heteroatoms. The predicted molar refractivity (Wildman–Crippen MR) is 131 cm³/mol. The van der Waals surface area contributed by atoms with Gasteiger partial charge in [0.25, 0.3) is 5.91 Å². The van der Waals surface area contributed by atoms with Crippen LogP contribution in [0.15, 0.2) is 47.4 Å². The van der Waals surface area contributed by atoms with Crippen molar-refractivity contribution in [3.63, 3.8) is 0 Å². The number of amides is 1. The fourth-order valence-corrected chi connectivity index (χ4v) is 5.37. The highest BCUT2D eigenvalue weighted by atomic mass is 32.2. The Morgan fingerprint density at radius 3 is 2.30 bits per heavy atom. The number of nitrogens with zero attached hydrogens (tertiary/aromatic N) is 1. The summed E-state index contributed by atoms with van der Waals surface area (Å²) in [5.74, 6) is 0.472. The van der Waals surface area contributed by atoms with Crippen LogP contribution in [-0.4, -0.2) is 38.3 Å². The van der Waals surface area contributed by atoms with Crippen molar-refractivity contribution in [3.05, 3.63) is 59.2 Å². The molecular weight excluding hydrogens is 436 g/mol. The van der Waals surface area contributed by atoms with Crippen LogP contribution in [0.5, 0.6) is 5.75 Å². The Bertz CT molecular complexity index is 1030. The Balaban J connectivity index is 1.79. The number of carbonyl (C=O) groups is 1. The molecule has 1 amide bonds. The number of hydrogen-bond donors (Lipinski definition) is 1. The number of carbonyl (C=O) groups excluding carboxylic acids is 1. The quantitative estimate of drug-likeness (QED) is 0.583. The van der Waals surface area contributed by atoms with Gasteiger partial charge in [-0.1, -0.05) is 49.8 Å². The van der Waals surface area contributed by atoms with Crippen molar-refractivity contribution < 1.29 is 17.9 Å². The summed E-state index contributed by atoms with van der Waals surface area (Å²) < 4.78 is 33.2. The highest BCUT2D eigenvalue weighted by Crippen LogP contribution is 2.25. The van der Waals surface area contributed by atoms with Crippen molar-refractivity contribution in [2.75, 3.05) is 13.7 Å². The molecule has 0 atom stereocenters.